The van der Waals surface area contributed by atoms with Crippen molar-refractivity contribution in [1.82, 2.24) is 19.4 Å². The summed E-state index contributed by atoms with van der Waals surface area (Å²) in [7, 11) is 1.65. The number of aromatic amines is 1. The van der Waals surface area contributed by atoms with Gasteiger partial charge in [0.2, 0.25) is 5.56 Å². The van der Waals surface area contributed by atoms with Gasteiger partial charge in [0.15, 0.2) is 0 Å². The first-order valence-electron chi connectivity index (χ1n) is 10.2. The van der Waals surface area contributed by atoms with Crippen LogP contribution in [0.25, 0.3) is 10.9 Å². The predicted molar refractivity (Wildman–Crippen MR) is 113 cm³/mol. The van der Waals surface area contributed by atoms with Gasteiger partial charge in [-0.3, -0.25) is 9.59 Å². The number of amides is 1. The molecule has 3 aromatic rings. The van der Waals surface area contributed by atoms with Gasteiger partial charge in [-0.25, -0.2) is 4.98 Å². The highest BCUT2D eigenvalue weighted by Gasteiger charge is 2.28. The molecule has 1 saturated heterocycles. The van der Waals surface area contributed by atoms with E-state index in [-0.39, 0.29) is 17.4 Å². The Balaban J connectivity index is 1.43. The number of pyridine rings is 1. The van der Waals surface area contributed by atoms with Crippen molar-refractivity contribution in [3.63, 3.8) is 0 Å². The van der Waals surface area contributed by atoms with Gasteiger partial charge in [0, 0.05) is 55.5 Å². The number of imidazole rings is 1. The van der Waals surface area contributed by atoms with E-state index in [0.29, 0.717) is 44.1 Å². The molecule has 0 bridgehead atoms. The second kappa shape index (κ2) is 9.23. The number of hydrogen-bond donors (Lipinski definition) is 1. The minimum atomic E-state index is -0.262. The number of H-pyrrole nitrogens is 1. The van der Waals surface area contributed by atoms with E-state index in [9.17, 15) is 9.59 Å². The van der Waals surface area contributed by atoms with Crippen LogP contribution in [0, 0.1) is 0 Å². The summed E-state index contributed by atoms with van der Waals surface area (Å²) >= 11 is 0. The van der Waals surface area contributed by atoms with Gasteiger partial charge in [-0.15, -0.1) is 0 Å². The quantitative estimate of drug-likeness (QED) is 0.604. The molecule has 158 valence electrons. The van der Waals surface area contributed by atoms with Crippen molar-refractivity contribution in [2.45, 2.75) is 25.5 Å². The largest absolute Gasteiger partial charge is 0.382 e. The normalized spacial score (nSPS) is 15.0. The minimum absolute atomic E-state index is 0.0954. The number of methoxy groups -OCH3 is 1. The zero-order valence-corrected chi connectivity index (χ0v) is 17.0. The number of para-hydroxylation sites is 1. The molecule has 1 amide bonds. The number of carbonyl (C=O) groups is 1. The summed E-state index contributed by atoms with van der Waals surface area (Å²) in [5.41, 5.74) is 0.877. The molecule has 0 unspecified atom stereocenters. The lowest BCUT2D eigenvalue weighted by atomic mass is 9.95. The van der Waals surface area contributed by atoms with E-state index in [1.165, 1.54) is 6.07 Å². The number of nitrogens with zero attached hydrogens (tertiary/aromatic N) is 3. The third-order valence-electron chi connectivity index (χ3n) is 5.54. The van der Waals surface area contributed by atoms with E-state index >= 15 is 0 Å². The van der Waals surface area contributed by atoms with E-state index in [1.807, 2.05) is 39.9 Å². The standard InChI is InChI=1S/C22H26N4O4/c1-29-12-13-30-15-26-11-8-23-21(26)16-6-9-25(10-7-16)22(28)18-14-20(27)24-19-5-3-2-4-17(18)19/h2-5,8,11,14,16H,6-7,9-10,12-13,15H2,1H3,(H,24,27). The van der Waals surface area contributed by atoms with Crippen molar-refractivity contribution < 1.29 is 14.3 Å². The lowest BCUT2D eigenvalue weighted by molar-refractivity contribution is 0.0318. The second-order valence-electron chi connectivity index (χ2n) is 7.44. The number of piperidine rings is 1. The number of rotatable bonds is 7. The fraction of sp³-hybridized carbons (Fsp3) is 0.409. The topological polar surface area (TPSA) is 89.4 Å². The molecule has 4 rings (SSSR count). The lowest BCUT2D eigenvalue weighted by Gasteiger charge is -2.32. The molecule has 1 aliphatic heterocycles. The third kappa shape index (κ3) is 4.29. The number of aromatic nitrogens is 3. The molecular formula is C22H26N4O4. The Morgan fingerprint density at radius 2 is 2.03 bits per heavy atom. The number of likely N-dealkylation sites (tertiary alicyclic amines) is 1. The molecule has 8 nitrogen and oxygen atoms in total. The molecular weight excluding hydrogens is 384 g/mol. The Hall–Kier alpha value is -2.97. The highest BCUT2D eigenvalue weighted by molar-refractivity contribution is 6.05. The molecule has 0 spiro atoms. The highest BCUT2D eigenvalue weighted by atomic mass is 16.5. The molecule has 30 heavy (non-hydrogen) atoms. The number of nitrogens with one attached hydrogen (secondary N) is 1. The van der Waals surface area contributed by atoms with Crippen LogP contribution in [-0.2, 0) is 16.2 Å². The maximum absolute atomic E-state index is 13.1. The summed E-state index contributed by atoms with van der Waals surface area (Å²) in [6.07, 6.45) is 5.35. The Labute approximate surface area is 174 Å². The van der Waals surface area contributed by atoms with Gasteiger partial charge in [-0.05, 0) is 18.9 Å². The fourth-order valence-electron chi connectivity index (χ4n) is 3.99. The van der Waals surface area contributed by atoms with Crippen LogP contribution in [0.3, 0.4) is 0 Å². The van der Waals surface area contributed by atoms with Gasteiger partial charge >= 0.3 is 0 Å². The van der Waals surface area contributed by atoms with Crippen molar-refractivity contribution >= 4 is 16.8 Å². The van der Waals surface area contributed by atoms with Crippen molar-refractivity contribution in [3.05, 3.63) is 64.5 Å². The second-order valence-corrected chi connectivity index (χ2v) is 7.44. The van der Waals surface area contributed by atoms with E-state index in [0.717, 1.165) is 24.1 Å². The first kappa shape index (κ1) is 20.3. The van der Waals surface area contributed by atoms with Crippen LogP contribution < -0.4 is 5.56 Å². The molecule has 1 aromatic carbocycles. The Morgan fingerprint density at radius 1 is 1.23 bits per heavy atom. The third-order valence-corrected chi connectivity index (χ3v) is 5.54. The zero-order valence-electron chi connectivity index (χ0n) is 17.0. The zero-order chi connectivity index (χ0) is 20.9. The van der Waals surface area contributed by atoms with Gasteiger partial charge in [-0.1, -0.05) is 18.2 Å². The molecule has 0 aliphatic carbocycles. The summed E-state index contributed by atoms with van der Waals surface area (Å²) in [5, 5.41) is 0.771. The fourth-order valence-corrected chi connectivity index (χ4v) is 3.99. The number of carbonyl (C=O) groups excluding carboxylic acids is 1. The van der Waals surface area contributed by atoms with Crippen molar-refractivity contribution in [1.29, 1.82) is 0 Å². The maximum atomic E-state index is 13.1. The van der Waals surface area contributed by atoms with Crippen LogP contribution in [-0.4, -0.2) is 58.8 Å². The van der Waals surface area contributed by atoms with Crippen LogP contribution in [0.15, 0.2) is 47.5 Å². The Kier molecular flexibility index (Phi) is 6.25. The van der Waals surface area contributed by atoms with Gasteiger partial charge < -0.3 is 23.9 Å². The summed E-state index contributed by atoms with van der Waals surface area (Å²) in [4.78, 5) is 34.3. The molecule has 2 aromatic heterocycles. The van der Waals surface area contributed by atoms with E-state index in [2.05, 4.69) is 9.97 Å². The first-order valence-corrected chi connectivity index (χ1v) is 10.2. The van der Waals surface area contributed by atoms with Crippen LogP contribution in [0.5, 0.6) is 0 Å². The SMILES string of the molecule is COCCOCn1ccnc1C1CCN(C(=O)c2cc(=O)[nH]c3ccccc23)CC1. The molecule has 8 heteroatoms. The van der Waals surface area contributed by atoms with Crippen LogP contribution in [0.2, 0.25) is 0 Å². The van der Waals surface area contributed by atoms with Crippen LogP contribution in [0.1, 0.15) is 34.9 Å². The van der Waals surface area contributed by atoms with Crippen molar-refractivity contribution in [2.24, 2.45) is 0 Å². The smallest absolute Gasteiger partial charge is 0.254 e. The number of benzene rings is 1. The monoisotopic (exact) mass is 410 g/mol. The van der Waals surface area contributed by atoms with Gasteiger partial charge in [0.1, 0.15) is 12.6 Å². The molecule has 0 saturated carbocycles. The minimum Gasteiger partial charge on any atom is -0.382 e. The lowest BCUT2D eigenvalue weighted by Crippen LogP contribution is -2.39. The highest BCUT2D eigenvalue weighted by Crippen LogP contribution is 2.28. The van der Waals surface area contributed by atoms with Crippen LogP contribution in [0.4, 0.5) is 0 Å². The van der Waals surface area contributed by atoms with Gasteiger partial charge in [-0.2, -0.15) is 0 Å². The first-order chi connectivity index (χ1) is 14.7. The number of ether oxygens (including phenoxy) is 2. The van der Waals surface area contributed by atoms with Crippen molar-refractivity contribution in [3.8, 4) is 0 Å². The molecule has 1 aliphatic rings. The predicted octanol–water partition coefficient (Wildman–Crippen LogP) is 2.36. The molecule has 0 radical (unpaired) electrons. The summed E-state index contributed by atoms with van der Waals surface area (Å²) in [6.45, 7) is 2.79. The average Bonchev–Trinajstić information content (AvgIpc) is 3.24. The average molecular weight is 410 g/mol. The van der Waals surface area contributed by atoms with Gasteiger partial charge in [0.05, 0.1) is 18.8 Å². The summed E-state index contributed by atoms with van der Waals surface area (Å²) < 4.78 is 12.6. The Morgan fingerprint density at radius 3 is 2.83 bits per heavy atom. The molecule has 1 fully saturated rings. The summed E-state index contributed by atoms with van der Waals surface area (Å²) in [6, 6.07) is 8.80. The van der Waals surface area contributed by atoms with E-state index < -0.39 is 0 Å². The van der Waals surface area contributed by atoms with E-state index in [4.69, 9.17) is 9.47 Å². The van der Waals surface area contributed by atoms with Crippen molar-refractivity contribution in [2.75, 3.05) is 33.4 Å². The summed E-state index contributed by atoms with van der Waals surface area (Å²) in [5.74, 6) is 1.16. The number of hydrogen-bond acceptors (Lipinski definition) is 5. The molecule has 1 N–H and O–H groups in total. The molecule has 3 heterocycles. The Bertz CT molecular complexity index is 1070. The molecule has 0 atom stereocenters. The maximum Gasteiger partial charge on any atom is 0.254 e. The van der Waals surface area contributed by atoms with E-state index in [1.54, 1.807) is 13.3 Å². The number of fused-ring (bicyclic) bond motifs is 1. The van der Waals surface area contributed by atoms with Crippen LogP contribution >= 0.6 is 0 Å². The van der Waals surface area contributed by atoms with Gasteiger partial charge in [0.25, 0.3) is 5.91 Å².